The molecular weight excluding hydrogens is 438 g/mol. The van der Waals surface area contributed by atoms with Crippen LogP contribution < -0.4 is 4.90 Å². The molecule has 0 saturated carbocycles. The van der Waals surface area contributed by atoms with Crippen LogP contribution in [0.15, 0.2) is 66.9 Å². The van der Waals surface area contributed by atoms with Crippen LogP contribution in [-0.4, -0.2) is 82.2 Å². The SMILES string of the molecule is O=C(c1ccc(Cl)cc1)N1CCN(C2CN(c3nccc(-c4ccccc4)n3)CC2O)CC1. The van der Waals surface area contributed by atoms with E-state index in [0.717, 1.165) is 24.3 Å². The Morgan fingerprint density at radius 3 is 2.39 bits per heavy atom. The molecule has 2 fully saturated rings. The molecule has 2 saturated heterocycles. The number of aliphatic hydroxyl groups is 1. The van der Waals surface area contributed by atoms with Crippen molar-refractivity contribution >= 4 is 23.5 Å². The van der Waals surface area contributed by atoms with Crippen molar-refractivity contribution in [2.45, 2.75) is 12.1 Å². The molecule has 1 aromatic heterocycles. The molecule has 170 valence electrons. The predicted octanol–water partition coefficient (Wildman–Crippen LogP) is 2.80. The lowest BCUT2D eigenvalue weighted by Gasteiger charge is -2.38. The highest BCUT2D eigenvalue weighted by Crippen LogP contribution is 2.24. The van der Waals surface area contributed by atoms with E-state index in [2.05, 4.69) is 9.88 Å². The molecule has 5 rings (SSSR count). The maximum atomic E-state index is 12.8. The molecular formula is C25H26ClN5O2. The molecule has 0 bridgehead atoms. The highest BCUT2D eigenvalue weighted by atomic mass is 35.5. The average molecular weight is 464 g/mol. The van der Waals surface area contributed by atoms with Crippen molar-refractivity contribution in [3.05, 3.63) is 77.4 Å². The van der Waals surface area contributed by atoms with Crippen LogP contribution in [0.3, 0.4) is 0 Å². The number of hydrogen-bond donors (Lipinski definition) is 1. The van der Waals surface area contributed by atoms with Crippen molar-refractivity contribution < 1.29 is 9.90 Å². The van der Waals surface area contributed by atoms with Gasteiger partial charge in [0.2, 0.25) is 5.95 Å². The lowest BCUT2D eigenvalue weighted by atomic mass is 10.1. The van der Waals surface area contributed by atoms with Gasteiger partial charge < -0.3 is 14.9 Å². The fourth-order valence-corrected chi connectivity index (χ4v) is 4.72. The number of aliphatic hydroxyl groups excluding tert-OH is 1. The third kappa shape index (κ3) is 4.71. The Labute approximate surface area is 198 Å². The van der Waals surface area contributed by atoms with Gasteiger partial charge in [0.15, 0.2) is 0 Å². The van der Waals surface area contributed by atoms with Gasteiger partial charge in [0.25, 0.3) is 5.91 Å². The van der Waals surface area contributed by atoms with Gasteiger partial charge in [-0.15, -0.1) is 0 Å². The van der Waals surface area contributed by atoms with Crippen molar-refractivity contribution in [3.63, 3.8) is 0 Å². The monoisotopic (exact) mass is 463 g/mol. The van der Waals surface area contributed by atoms with Crippen molar-refractivity contribution in [3.8, 4) is 11.3 Å². The molecule has 2 aromatic carbocycles. The largest absolute Gasteiger partial charge is 0.390 e. The van der Waals surface area contributed by atoms with E-state index in [1.807, 2.05) is 46.2 Å². The molecule has 7 nitrogen and oxygen atoms in total. The number of hydrogen-bond acceptors (Lipinski definition) is 6. The normalized spacial score (nSPS) is 21.4. The van der Waals surface area contributed by atoms with Gasteiger partial charge in [-0.25, -0.2) is 9.97 Å². The van der Waals surface area contributed by atoms with Gasteiger partial charge in [0.1, 0.15) is 0 Å². The average Bonchev–Trinajstić information content (AvgIpc) is 3.26. The lowest BCUT2D eigenvalue weighted by molar-refractivity contribution is 0.0376. The van der Waals surface area contributed by atoms with E-state index in [1.165, 1.54) is 0 Å². The topological polar surface area (TPSA) is 72.8 Å². The molecule has 0 aliphatic carbocycles. The predicted molar refractivity (Wildman–Crippen MR) is 128 cm³/mol. The van der Waals surface area contributed by atoms with Crippen molar-refractivity contribution in [1.82, 2.24) is 19.8 Å². The second-order valence-corrected chi connectivity index (χ2v) is 8.92. The third-order valence-corrected chi connectivity index (χ3v) is 6.67. The molecule has 0 radical (unpaired) electrons. The van der Waals surface area contributed by atoms with Crippen LogP contribution in [0.1, 0.15) is 10.4 Å². The Kier molecular flexibility index (Phi) is 6.26. The lowest BCUT2D eigenvalue weighted by Crippen LogP contribution is -2.54. The van der Waals surface area contributed by atoms with Crippen LogP contribution in [0.5, 0.6) is 0 Å². The van der Waals surface area contributed by atoms with E-state index in [0.29, 0.717) is 42.7 Å². The zero-order valence-corrected chi connectivity index (χ0v) is 19.0. The summed E-state index contributed by atoms with van der Waals surface area (Å²) in [5, 5.41) is 11.4. The Morgan fingerprint density at radius 1 is 0.939 bits per heavy atom. The van der Waals surface area contributed by atoms with E-state index in [-0.39, 0.29) is 11.9 Å². The minimum Gasteiger partial charge on any atom is -0.390 e. The molecule has 1 N–H and O–H groups in total. The van der Waals surface area contributed by atoms with Crippen LogP contribution >= 0.6 is 11.6 Å². The smallest absolute Gasteiger partial charge is 0.253 e. The standard InChI is InChI=1S/C25H26ClN5O2/c26-20-8-6-19(7-9-20)24(33)30-14-12-29(13-15-30)22-16-31(17-23(22)32)25-27-11-10-21(28-25)18-4-2-1-3-5-18/h1-11,22-23,32H,12-17H2. The number of rotatable bonds is 4. The van der Waals surface area contributed by atoms with E-state index in [4.69, 9.17) is 16.6 Å². The minimum atomic E-state index is -0.493. The number of amides is 1. The molecule has 3 aromatic rings. The minimum absolute atomic E-state index is 0.0123. The summed E-state index contributed by atoms with van der Waals surface area (Å²) in [6.07, 6.45) is 1.28. The molecule has 8 heteroatoms. The molecule has 2 aliphatic rings. The molecule has 0 spiro atoms. The Bertz CT molecular complexity index is 1100. The number of halogens is 1. The molecule has 1 amide bonds. The van der Waals surface area contributed by atoms with Crippen molar-refractivity contribution in [2.75, 3.05) is 44.2 Å². The Hall–Kier alpha value is -3.00. The zero-order valence-electron chi connectivity index (χ0n) is 18.2. The first-order chi connectivity index (χ1) is 16.1. The summed E-state index contributed by atoms with van der Waals surface area (Å²) in [5.74, 6) is 0.653. The fourth-order valence-electron chi connectivity index (χ4n) is 4.59. The first-order valence-electron chi connectivity index (χ1n) is 11.2. The summed E-state index contributed by atoms with van der Waals surface area (Å²) in [6.45, 7) is 3.85. The highest BCUT2D eigenvalue weighted by Gasteiger charge is 2.38. The molecule has 33 heavy (non-hydrogen) atoms. The van der Waals surface area contributed by atoms with Crippen LogP contribution in [0.2, 0.25) is 5.02 Å². The van der Waals surface area contributed by atoms with Crippen LogP contribution in [0.4, 0.5) is 5.95 Å². The van der Waals surface area contributed by atoms with Crippen molar-refractivity contribution in [1.29, 1.82) is 0 Å². The quantitative estimate of drug-likeness (QED) is 0.641. The van der Waals surface area contributed by atoms with Gasteiger partial charge in [-0.3, -0.25) is 9.69 Å². The zero-order chi connectivity index (χ0) is 22.8. The Morgan fingerprint density at radius 2 is 1.67 bits per heavy atom. The third-order valence-electron chi connectivity index (χ3n) is 6.42. The van der Waals surface area contributed by atoms with E-state index in [9.17, 15) is 9.90 Å². The molecule has 2 atom stereocenters. The van der Waals surface area contributed by atoms with Crippen molar-refractivity contribution in [2.24, 2.45) is 0 Å². The first kappa shape index (κ1) is 21.8. The summed E-state index contributed by atoms with van der Waals surface area (Å²) in [6, 6.07) is 18.9. The van der Waals surface area contributed by atoms with Crippen LogP contribution in [-0.2, 0) is 0 Å². The van der Waals surface area contributed by atoms with Crippen LogP contribution in [0.25, 0.3) is 11.3 Å². The molecule has 3 heterocycles. The van der Waals surface area contributed by atoms with Gasteiger partial charge in [0.05, 0.1) is 17.8 Å². The number of β-amino-alcohol motifs (C(OH)–C–C–N with tert-alkyl or cyclic N) is 1. The summed E-state index contributed by atoms with van der Waals surface area (Å²) in [5.41, 5.74) is 2.56. The summed E-state index contributed by atoms with van der Waals surface area (Å²) in [7, 11) is 0. The van der Waals surface area contributed by atoms with Gasteiger partial charge >= 0.3 is 0 Å². The number of carbonyl (C=O) groups excluding carboxylic acids is 1. The maximum Gasteiger partial charge on any atom is 0.253 e. The second kappa shape index (κ2) is 9.47. The number of aromatic nitrogens is 2. The maximum absolute atomic E-state index is 12.8. The molecule has 2 aliphatic heterocycles. The second-order valence-electron chi connectivity index (χ2n) is 8.48. The summed E-state index contributed by atoms with van der Waals surface area (Å²) >= 11 is 5.94. The first-order valence-corrected chi connectivity index (χ1v) is 11.6. The number of carbonyl (C=O) groups is 1. The van der Waals surface area contributed by atoms with E-state index in [1.54, 1.807) is 30.5 Å². The number of benzene rings is 2. The van der Waals surface area contributed by atoms with Crippen LogP contribution in [0, 0.1) is 0 Å². The summed E-state index contributed by atoms with van der Waals surface area (Å²) < 4.78 is 0. The Balaban J connectivity index is 1.22. The summed E-state index contributed by atoms with van der Waals surface area (Å²) in [4.78, 5) is 28.2. The number of nitrogens with zero attached hydrogens (tertiary/aromatic N) is 5. The van der Waals surface area contributed by atoms with E-state index < -0.39 is 6.10 Å². The molecule has 2 unspecified atom stereocenters. The number of piperazine rings is 1. The van der Waals surface area contributed by atoms with E-state index >= 15 is 0 Å². The fraction of sp³-hybridized carbons (Fsp3) is 0.320. The van der Waals surface area contributed by atoms with Gasteiger partial charge in [-0.05, 0) is 30.3 Å². The number of anilines is 1. The van der Waals surface area contributed by atoms with Gasteiger partial charge in [-0.2, -0.15) is 0 Å². The van der Waals surface area contributed by atoms with Gasteiger partial charge in [0, 0.05) is 61.6 Å². The highest BCUT2D eigenvalue weighted by molar-refractivity contribution is 6.30. The van der Waals surface area contributed by atoms with Gasteiger partial charge in [-0.1, -0.05) is 41.9 Å².